The molecule has 0 unspecified atom stereocenters. The van der Waals surface area contributed by atoms with Gasteiger partial charge in [-0.05, 0) is 154 Å². The van der Waals surface area contributed by atoms with Gasteiger partial charge in [0.1, 0.15) is 0 Å². The van der Waals surface area contributed by atoms with Crippen molar-refractivity contribution in [3.8, 4) is 56.2 Å². The number of fused-ring (bicyclic) bond motifs is 18. The van der Waals surface area contributed by atoms with Gasteiger partial charge in [-0.25, -0.2) is 9.97 Å². The molecule has 0 saturated carbocycles. The van der Waals surface area contributed by atoms with Crippen molar-refractivity contribution >= 4 is 108 Å². The second kappa shape index (κ2) is 16.6. The third-order valence-corrected chi connectivity index (χ3v) is 15.6. The Morgan fingerprint density at radius 3 is 1.28 bits per heavy atom. The summed E-state index contributed by atoms with van der Waals surface area (Å²) in [6, 6.07) is 78.1. The van der Waals surface area contributed by atoms with Crippen molar-refractivity contribution in [2.75, 3.05) is 0 Å². The quantitative estimate of drug-likeness (QED) is 0.160. The first kappa shape index (κ1) is 42.2. The highest BCUT2D eigenvalue weighted by molar-refractivity contribution is 6.27. The fourth-order valence-corrected chi connectivity index (χ4v) is 11.9. The second-order valence-corrected chi connectivity index (χ2v) is 19.8. The van der Waals surface area contributed by atoms with Crippen LogP contribution >= 0.6 is 0 Å². The Bertz CT molecular complexity index is 5050. The summed E-state index contributed by atoms with van der Waals surface area (Å²) in [7, 11) is 0. The number of pyridine rings is 6. The minimum Gasteiger partial charge on any atom is -0.256 e. The predicted octanol–water partition coefficient (Wildman–Crippen LogP) is 17.9. The highest BCUT2D eigenvalue weighted by Gasteiger charge is 2.18. The maximum atomic E-state index is 5.36. The van der Waals surface area contributed by atoms with E-state index in [4.69, 9.17) is 24.9 Å². The van der Waals surface area contributed by atoms with Gasteiger partial charge in [0.05, 0.1) is 44.8 Å². The van der Waals surface area contributed by atoms with E-state index in [0.29, 0.717) is 0 Å². The highest BCUT2D eigenvalue weighted by Crippen LogP contribution is 2.42. The Morgan fingerprint density at radius 2 is 0.645 bits per heavy atom. The lowest BCUT2D eigenvalue weighted by molar-refractivity contribution is 1.27. The van der Waals surface area contributed by atoms with E-state index in [1.54, 1.807) is 0 Å². The van der Waals surface area contributed by atoms with Crippen molar-refractivity contribution in [2.24, 2.45) is 0 Å². The summed E-state index contributed by atoms with van der Waals surface area (Å²) < 4.78 is 0. The lowest BCUT2D eigenvalue weighted by Gasteiger charge is -2.15. The van der Waals surface area contributed by atoms with Crippen LogP contribution < -0.4 is 0 Å². The molecule has 76 heavy (non-hydrogen) atoms. The molecule has 0 aliphatic carbocycles. The third-order valence-electron chi connectivity index (χ3n) is 15.6. The van der Waals surface area contributed by atoms with E-state index >= 15 is 0 Å². The summed E-state index contributed by atoms with van der Waals surface area (Å²) in [5.74, 6) is 0. The van der Waals surface area contributed by atoms with Gasteiger partial charge in [0.2, 0.25) is 0 Å². The summed E-state index contributed by atoms with van der Waals surface area (Å²) in [5, 5.41) is 18.9. The maximum absolute atomic E-state index is 5.36. The smallest absolute Gasteiger partial charge is 0.0979 e. The molecule has 0 fully saturated rings. The first-order valence-corrected chi connectivity index (χ1v) is 25.6. The Balaban J connectivity index is 0.754. The number of hydrogen-bond acceptors (Lipinski definition) is 6. The average molecular weight is 965 g/mol. The van der Waals surface area contributed by atoms with Gasteiger partial charge in [-0.2, -0.15) is 0 Å². The van der Waals surface area contributed by atoms with Crippen LogP contribution in [0.2, 0.25) is 0 Å². The molecule has 0 spiro atoms. The van der Waals surface area contributed by atoms with Gasteiger partial charge in [0, 0.05) is 63.0 Å². The highest BCUT2D eigenvalue weighted by atomic mass is 14.8. The van der Waals surface area contributed by atoms with Crippen LogP contribution in [0.15, 0.2) is 243 Å². The Hall–Kier alpha value is -10.3. The van der Waals surface area contributed by atoms with Crippen molar-refractivity contribution in [3.05, 3.63) is 243 Å². The van der Waals surface area contributed by atoms with Crippen molar-refractivity contribution in [2.45, 2.75) is 0 Å². The predicted molar refractivity (Wildman–Crippen MR) is 315 cm³/mol. The standard InChI is InChI=1S/C70H40N6/c1-2-13-51-49(11-1)50-12-3-4-14-52(50)60-35-43(19-25-55(51)60)47-23-31-65(74-39-47)66-32-28-58-59(38-46-10-8-34-72-68(46)70(58)76-66)44-20-26-56-57-27-21-45(37-62(57)54-16-6-5-15-53(54)61(56)36-44)63-29-24-48(40-73-63)64-30-22-42-18-17-41-9-7-33-71-67(41)69(42)75-64/h1-40H. The number of aromatic nitrogens is 6. The van der Waals surface area contributed by atoms with Gasteiger partial charge in [0.15, 0.2) is 0 Å². The third kappa shape index (κ3) is 6.61. The van der Waals surface area contributed by atoms with Crippen LogP contribution in [0.1, 0.15) is 0 Å². The average Bonchev–Trinajstić information content (AvgIpc) is 3.54. The molecule has 0 bridgehead atoms. The molecule has 6 aromatic heterocycles. The maximum Gasteiger partial charge on any atom is 0.0979 e. The zero-order valence-electron chi connectivity index (χ0n) is 40.8. The summed E-state index contributed by atoms with van der Waals surface area (Å²) >= 11 is 0. The largest absolute Gasteiger partial charge is 0.256 e. The van der Waals surface area contributed by atoms with Gasteiger partial charge >= 0.3 is 0 Å². The number of benzene rings is 10. The minimum absolute atomic E-state index is 0.800. The van der Waals surface area contributed by atoms with Crippen LogP contribution in [-0.4, -0.2) is 29.9 Å². The first-order valence-electron chi connectivity index (χ1n) is 25.6. The molecule has 0 radical (unpaired) electrons. The Kier molecular flexibility index (Phi) is 9.23. The molecule has 0 N–H and O–H groups in total. The summed E-state index contributed by atoms with van der Waals surface area (Å²) in [6.45, 7) is 0. The number of nitrogens with zero attached hydrogens (tertiary/aromatic N) is 6. The van der Waals surface area contributed by atoms with E-state index in [1.807, 2.05) is 36.9 Å². The number of hydrogen-bond donors (Lipinski definition) is 0. The molecule has 6 heteroatoms. The van der Waals surface area contributed by atoms with Crippen molar-refractivity contribution in [1.82, 2.24) is 29.9 Å². The van der Waals surface area contributed by atoms with Gasteiger partial charge < -0.3 is 0 Å². The molecule has 16 aromatic rings. The van der Waals surface area contributed by atoms with Crippen molar-refractivity contribution in [3.63, 3.8) is 0 Å². The van der Waals surface area contributed by atoms with Crippen molar-refractivity contribution < 1.29 is 0 Å². The van der Waals surface area contributed by atoms with Crippen LogP contribution in [0.3, 0.4) is 0 Å². The molecular formula is C70H40N6. The van der Waals surface area contributed by atoms with Crippen LogP contribution in [0.5, 0.6) is 0 Å². The fraction of sp³-hybridized carbons (Fsp3) is 0. The second-order valence-electron chi connectivity index (χ2n) is 19.8. The molecule has 10 aromatic carbocycles. The van der Waals surface area contributed by atoms with E-state index in [0.717, 1.165) is 99.8 Å². The van der Waals surface area contributed by atoms with Gasteiger partial charge in [-0.1, -0.05) is 146 Å². The zero-order valence-corrected chi connectivity index (χ0v) is 40.8. The lowest BCUT2D eigenvalue weighted by Crippen LogP contribution is -1.93. The molecule has 0 aliphatic rings. The zero-order chi connectivity index (χ0) is 49.8. The molecular weight excluding hydrogens is 925 g/mol. The summed E-state index contributed by atoms with van der Waals surface area (Å²) in [5.41, 5.74) is 13.3. The van der Waals surface area contributed by atoms with E-state index in [9.17, 15) is 0 Å². The van der Waals surface area contributed by atoms with Gasteiger partial charge in [-0.3, -0.25) is 19.9 Å². The molecule has 0 atom stereocenters. The van der Waals surface area contributed by atoms with Crippen LogP contribution in [0.25, 0.3) is 164 Å². The lowest BCUT2D eigenvalue weighted by atomic mass is 9.90. The molecule has 6 nitrogen and oxygen atoms in total. The summed E-state index contributed by atoms with van der Waals surface area (Å²) in [6.07, 6.45) is 7.58. The topological polar surface area (TPSA) is 77.3 Å². The molecule has 0 amide bonds. The Morgan fingerprint density at radius 1 is 0.211 bits per heavy atom. The molecule has 350 valence electrons. The van der Waals surface area contributed by atoms with Crippen molar-refractivity contribution in [1.29, 1.82) is 0 Å². The molecule has 6 heterocycles. The van der Waals surface area contributed by atoms with Crippen LogP contribution in [0.4, 0.5) is 0 Å². The molecule has 16 rings (SSSR count). The minimum atomic E-state index is 0.800. The SMILES string of the molecule is c1cnc2c(c1)ccc1ccc(-c3ccc(-c4ccc5c6ccc(-c7cc8cccnc8c8nc(-c9ccc(-c%10ccc%11c%12ccccc%12c%12ccccc%12c%11c%10)cn9)ccc78)cc6c6ccccc6c5c4)nc3)nc12. The van der Waals surface area contributed by atoms with E-state index in [2.05, 4.69) is 211 Å². The van der Waals surface area contributed by atoms with Crippen LogP contribution in [0, 0.1) is 0 Å². The normalized spacial score (nSPS) is 11.9. The fourth-order valence-electron chi connectivity index (χ4n) is 11.9. The van der Waals surface area contributed by atoms with Crippen LogP contribution in [-0.2, 0) is 0 Å². The molecule has 0 aliphatic heterocycles. The summed E-state index contributed by atoms with van der Waals surface area (Å²) in [4.78, 5) is 30.0. The van der Waals surface area contributed by atoms with E-state index in [-0.39, 0.29) is 0 Å². The van der Waals surface area contributed by atoms with E-state index < -0.39 is 0 Å². The van der Waals surface area contributed by atoms with Gasteiger partial charge in [0.25, 0.3) is 0 Å². The molecule has 0 saturated heterocycles. The van der Waals surface area contributed by atoms with E-state index in [1.165, 1.54) is 64.6 Å². The number of rotatable bonds is 5. The Labute approximate surface area is 435 Å². The monoisotopic (exact) mass is 964 g/mol. The van der Waals surface area contributed by atoms with Gasteiger partial charge in [-0.15, -0.1) is 0 Å². The first-order chi connectivity index (χ1) is 37.6.